The van der Waals surface area contributed by atoms with Gasteiger partial charge in [0, 0.05) is 5.88 Å². The van der Waals surface area contributed by atoms with Gasteiger partial charge in [-0.25, -0.2) is 28.6 Å². The molecule has 3 heterocycles. The van der Waals surface area contributed by atoms with Crippen molar-refractivity contribution in [2.75, 3.05) is 31.8 Å². The zero-order chi connectivity index (χ0) is 31.3. The van der Waals surface area contributed by atoms with Gasteiger partial charge in [-0.05, 0) is 6.42 Å². The average Bonchev–Trinajstić information content (AvgIpc) is 3.45. The van der Waals surface area contributed by atoms with Gasteiger partial charge in [0.2, 0.25) is 19.2 Å². The van der Waals surface area contributed by atoms with Crippen molar-refractivity contribution in [1.82, 2.24) is 19.5 Å². The van der Waals surface area contributed by atoms with Crippen molar-refractivity contribution in [2.24, 2.45) is 11.8 Å². The monoisotopic (exact) mass is 633 g/mol. The van der Waals surface area contributed by atoms with Gasteiger partial charge in [-0.15, -0.1) is 18.0 Å². The molecule has 0 radical (unpaired) electrons. The minimum absolute atomic E-state index is 0.0449. The number of aliphatic hydroxyl groups is 2. The third kappa shape index (κ3) is 6.85. The fraction of sp³-hybridized carbons (Fsp3) is 0.625. The van der Waals surface area contributed by atoms with Gasteiger partial charge in [0.25, 0.3) is 0 Å². The number of carbonyl (C=O) groups excluding carboxylic acids is 2. The second-order valence-electron chi connectivity index (χ2n) is 9.81. The fourth-order valence-corrected chi connectivity index (χ4v) is 5.10. The van der Waals surface area contributed by atoms with Crippen LogP contribution in [0, 0.1) is 24.2 Å². The number of ether oxygens (including phenoxy) is 3. The molecule has 0 saturated carbocycles. The van der Waals surface area contributed by atoms with Crippen molar-refractivity contribution in [3.63, 3.8) is 0 Å². The smallest absolute Gasteiger partial charge is 0.438 e. The molecule has 16 nitrogen and oxygen atoms in total. The molecule has 2 aromatic heterocycles. The van der Waals surface area contributed by atoms with Crippen molar-refractivity contribution >= 4 is 48.3 Å². The number of anilines is 1. The molecular weight excluding hydrogens is 601 g/mol. The lowest BCUT2D eigenvalue weighted by molar-refractivity contribution is -0.158. The van der Waals surface area contributed by atoms with Crippen LogP contribution in [-0.4, -0.2) is 85.0 Å². The molecule has 42 heavy (non-hydrogen) atoms. The molecule has 0 aliphatic carbocycles. The molecule has 1 aliphatic rings. The molecule has 3 rings (SSSR count). The number of terminal acetylenes is 1. The topological polar surface area (TPSA) is 217 Å². The zero-order valence-corrected chi connectivity index (χ0v) is 25.0. The minimum Gasteiger partial charge on any atom is -0.438 e. The van der Waals surface area contributed by atoms with Crippen LogP contribution >= 0.6 is 19.4 Å². The highest BCUT2D eigenvalue weighted by Crippen LogP contribution is 2.53. The molecule has 0 amide bonds. The lowest BCUT2D eigenvalue weighted by Crippen LogP contribution is -2.58. The van der Waals surface area contributed by atoms with E-state index in [1.807, 2.05) is 0 Å². The Labute approximate surface area is 246 Å². The lowest BCUT2D eigenvalue weighted by atomic mass is 9.78. The SMILES string of the molecule is C#C[C@]1(O)[C@@H](n2cnc3c(N)ncnc32)O[C@H](COP(=O)(OCOC(=O)C(C)C)OCOC(=O)C(C)C)[C@]1(O)CCCl. The van der Waals surface area contributed by atoms with Crippen LogP contribution in [0.1, 0.15) is 40.3 Å². The number of aromatic nitrogens is 4. The third-order valence-electron chi connectivity index (χ3n) is 6.33. The number of carbonyl (C=O) groups is 2. The number of imidazole rings is 1. The van der Waals surface area contributed by atoms with Gasteiger partial charge >= 0.3 is 19.8 Å². The zero-order valence-electron chi connectivity index (χ0n) is 23.3. The molecule has 0 aromatic carbocycles. The summed E-state index contributed by atoms with van der Waals surface area (Å²) in [6.45, 7) is 3.84. The number of phosphoric acid groups is 1. The molecule has 232 valence electrons. The van der Waals surface area contributed by atoms with E-state index in [1.54, 1.807) is 27.7 Å². The molecule has 4 N–H and O–H groups in total. The van der Waals surface area contributed by atoms with E-state index >= 15 is 0 Å². The number of hydrogen-bond donors (Lipinski definition) is 3. The highest BCUT2D eigenvalue weighted by molar-refractivity contribution is 7.48. The van der Waals surface area contributed by atoms with Crippen molar-refractivity contribution in [3.05, 3.63) is 12.7 Å². The van der Waals surface area contributed by atoms with E-state index in [2.05, 4.69) is 20.9 Å². The van der Waals surface area contributed by atoms with E-state index in [1.165, 1.54) is 10.9 Å². The number of esters is 2. The van der Waals surface area contributed by atoms with E-state index in [4.69, 9.17) is 51.5 Å². The first-order chi connectivity index (χ1) is 19.7. The van der Waals surface area contributed by atoms with Crippen LogP contribution in [0.4, 0.5) is 5.82 Å². The Morgan fingerprint density at radius 1 is 1.14 bits per heavy atom. The fourth-order valence-electron chi connectivity index (χ4n) is 3.91. The summed E-state index contributed by atoms with van der Waals surface area (Å²) in [4.78, 5) is 35.7. The summed E-state index contributed by atoms with van der Waals surface area (Å²) in [5.41, 5.74) is 1.44. The Bertz CT molecular complexity index is 1340. The summed E-state index contributed by atoms with van der Waals surface area (Å²) in [6, 6.07) is 0. The summed E-state index contributed by atoms with van der Waals surface area (Å²) in [5.74, 6) is -0.331. The number of phosphoric ester groups is 1. The summed E-state index contributed by atoms with van der Waals surface area (Å²) in [7, 11) is -4.66. The maximum atomic E-state index is 13.4. The van der Waals surface area contributed by atoms with Gasteiger partial charge in [-0.1, -0.05) is 33.6 Å². The van der Waals surface area contributed by atoms with Gasteiger partial charge < -0.3 is 30.2 Å². The molecule has 1 saturated heterocycles. The van der Waals surface area contributed by atoms with E-state index in [0.717, 1.165) is 6.33 Å². The van der Waals surface area contributed by atoms with Crippen LogP contribution in [-0.2, 0) is 41.9 Å². The second-order valence-corrected chi connectivity index (χ2v) is 11.9. The van der Waals surface area contributed by atoms with Crippen molar-refractivity contribution < 1.29 is 52.1 Å². The van der Waals surface area contributed by atoms with Crippen LogP contribution < -0.4 is 5.73 Å². The first-order valence-electron chi connectivity index (χ1n) is 12.7. The first kappa shape index (κ1) is 33.6. The number of nitrogens with two attached hydrogens (primary N) is 1. The number of fused-ring (bicyclic) bond motifs is 1. The normalized spacial score (nSPS) is 24.3. The van der Waals surface area contributed by atoms with Gasteiger partial charge in [-0.2, -0.15) is 0 Å². The Kier molecular flexibility index (Phi) is 10.9. The number of nitrogens with zero attached hydrogens (tertiary/aromatic N) is 4. The van der Waals surface area contributed by atoms with Crippen LogP contribution in [0.15, 0.2) is 12.7 Å². The van der Waals surface area contributed by atoms with E-state index in [9.17, 15) is 24.4 Å². The lowest BCUT2D eigenvalue weighted by Gasteiger charge is -2.37. The summed E-state index contributed by atoms with van der Waals surface area (Å²) in [6.07, 6.45) is 4.78. The van der Waals surface area contributed by atoms with Crippen LogP contribution in [0.3, 0.4) is 0 Å². The van der Waals surface area contributed by atoms with E-state index in [-0.39, 0.29) is 29.3 Å². The highest BCUT2D eigenvalue weighted by atomic mass is 35.5. The van der Waals surface area contributed by atoms with Gasteiger partial charge in [0.05, 0.1) is 24.8 Å². The van der Waals surface area contributed by atoms with Crippen molar-refractivity contribution in [3.8, 4) is 12.3 Å². The number of alkyl halides is 1. The standard InChI is InChI=1S/C24H33ClN5O11P/c1-6-23(33)22(30-11-29-17-18(26)27-10-28-19(17)30)41-16(24(23,34)7-8-25)9-38-42(35,39-12-36-20(31)14(2)3)40-13-37-21(32)15(4)5/h1,10-11,14-16,22,33-34H,7-9,12-13H2,2-5H3,(H2,26,27,28)/t16-,22+,23+,24-/m1/s1. The van der Waals surface area contributed by atoms with Gasteiger partial charge in [-0.3, -0.25) is 18.7 Å². The van der Waals surface area contributed by atoms with Gasteiger partial charge in [0.15, 0.2) is 17.7 Å². The molecule has 0 bridgehead atoms. The number of nitrogen functional groups attached to an aromatic ring is 1. The van der Waals surface area contributed by atoms with Gasteiger partial charge in [0.1, 0.15) is 23.5 Å². The van der Waals surface area contributed by atoms with Crippen LogP contribution in [0.25, 0.3) is 11.2 Å². The highest BCUT2D eigenvalue weighted by Gasteiger charge is 2.66. The van der Waals surface area contributed by atoms with Crippen LogP contribution in [0.2, 0.25) is 0 Å². The molecule has 0 spiro atoms. The second kappa shape index (κ2) is 13.6. The minimum atomic E-state index is -4.66. The number of rotatable bonds is 14. The molecule has 1 aliphatic heterocycles. The predicted molar refractivity (Wildman–Crippen MR) is 145 cm³/mol. The molecule has 18 heteroatoms. The Balaban J connectivity index is 1.88. The number of hydrogen-bond acceptors (Lipinski definition) is 15. The average molecular weight is 634 g/mol. The van der Waals surface area contributed by atoms with Crippen LogP contribution in [0.5, 0.6) is 0 Å². The Morgan fingerprint density at radius 3 is 2.26 bits per heavy atom. The largest absolute Gasteiger partial charge is 0.480 e. The van der Waals surface area contributed by atoms with E-state index < -0.39 is 75.3 Å². The number of halogens is 1. The maximum absolute atomic E-state index is 13.4. The summed E-state index contributed by atoms with van der Waals surface area (Å²) in [5, 5.41) is 23.3. The Morgan fingerprint density at radius 2 is 1.74 bits per heavy atom. The summed E-state index contributed by atoms with van der Waals surface area (Å²) >= 11 is 5.95. The van der Waals surface area contributed by atoms with E-state index in [0.29, 0.717) is 0 Å². The molecular formula is C24H33ClN5O11P. The molecule has 2 aromatic rings. The van der Waals surface area contributed by atoms with Crippen molar-refractivity contribution in [2.45, 2.75) is 57.6 Å². The quantitative estimate of drug-likeness (QED) is 0.0883. The summed E-state index contributed by atoms with van der Waals surface area (Å²) < 4.78 is 46.0. The predicted octanol–water partition coefficient (Wildman–Crippen LogP) is 1.50. The Hall–Kier alpha value is -2.87. The first-order valence-corrected chi connectivity index (χ1v) is 14.7. The third-order valence-corrected chi connectivity index (χ3v) is 7.83. The molecule has 4 atom stereocenters. The molecule has 0 unspecified atom stereocenters. The molecule has 1 fully saturated rings. The maximum Gasteiger partial charge on any atom is 0.480 e. The van der Waals surface area contributed by atoms with Crippen molar-refractivity contribution in [1.29, 1.82) is 0 Å².